The SMILES string of the molecule is Cl.O=C1N[C@@H](c2cccc(OCc3ccccc3)c2)CCO1. The summed E-state index contributed by atoms with van der Waals surface area (Å²) in [5.41, 5.74) is 2.17. The fraction of sp³-hybridized carbons (Fsp3) is 0.235. The standard InChI is InChI=1S/C17H17NO3.ClH/c19-17-18-16(9-10-20-17)14-7-4-8-15(11-14)21-12-13-5-2-1-3-6-13;/h1-8,11,16H,9-10,12H2,(H,18,19);1H/t16-;/m1./s1. The molecule has 1 atom stereocenters. The van der Waals surface area contributed by atoms with Crippen molar-refractivity contribution in [3.63, 3.8) is 0 Å². The van der Waals surface area contributed by atoms with E-state index in [1.54, 1.807) is 0 Å². The van der Waals surface area contributed by atoms with Crippen LogP contribution in [0.15, 0.2) is 54.6 Å². The summed E-state index contributed by atoms with van der Waals surface area (Å²) in [5, 5.41) is 2.82. The van der Waals surface area contributed by atoms with Crippen LogP contribution in [-0.4, -0.2) is 12.7 Å². The predicted molar refractivity (Wildman–Crippen MR) is 86.3 cm³/mol. The van der Waals surface area contributed by atoms with Crippen molar-refractivity contribution in [3.8, 4) is 5.75 Å². The van der Waals surface area contributed by atoms with Crippen LogP contribution in [-0.2, 0) is 11.3 Å². The van der Waals surface area contributed by atoms with Crippen LogP contribution in [0.3, 0.4) is 0 Å². The van der Waals surface area contributed by atoms with Crippen molar-refractivity contribution in [1.29, 1.82) is 0 Å². The molecule has 0 aliphatic carbocycles. The number of hydrogen-bond donors (Lipinski definition) is 1. The summed E-state index contributed by atoms with van der Waals surface area (Å²) >= 11 is 0. The van der Waals surface area contributed by atoms with Crippen LogP contribution in [0.25, 0.3) is 0 Å². The normalized spacial score (nSPS) is 16.9. The van der Waals surface area contributed by atoms with Crippen LogP contribution in [0.5, 0.6) is 5.75 Å². The third-order valence-corrected chi connectivity index (χ3v) is 3.44. The summed E-state index contributed by atoms with van der Waals surface area (Å²) in [6, 6.07) is 17.9. The molecule has 4 nitrogen and oxygen atoms in total. The van der Waals surface area contributed by atoms with E-state index < -0.39 is 0 Å². The first-order valence-corrected chi connectivity index (χ1v) is 7.01. The largest absolute Gasteiger partial charge is 0.489 e. The van der Waals surface area contributed by atoms with Gasteiger partial charge in [-0.15, -0.1) is 12.4 Å². The van der Waals surface area contributed by atoms with Crippen molar-refractivity contribution in [2.45, 2.75) is 19.1 Å². The maximum Gasteiger partial charge on any atom is 0.407 e. The number of alkyl carbamates (subject to hydrolysis) is 1. The first kappa shape index (κ1) is 16.2. The number of carbonyl (C=O) groups is 1. The van der Waals surface area contributed by atoms with E-state index in [4.69, 9.17) is 9.47 Å². The topological polar surface area (TPSA) is 47.6 Å². The van der Waals surface area contributed by atoms with Crippen molar-refractivity contribution in [1.82, 2.24) is 5.32 Å². The molecular weight excluding hydrogens is 302 g/mol. The molecule has 5 heteroatoms. The number of benzene rings is 2. The fourth-order valence-electron chi connectivity index (χ4n) is 2.34. The summed E-state index contributed by atoms with van der Waals surface area (Å²) in [7, 11) is 0. The van der Waals surface area contributed by atoms with Gasteiger partial charge in [-0.3, -0.25) is 0 Å². The molecule has 1 aliphatic rings. The Morgan fingerprint density at radius 2 is 1.95 bits per heavy atom. The third-order valence-electron chi connectivity index (χ3n) is 3.44. The lowest BCUT2D eigenvalue weighted by atomic mass is 10.0. The van der Waals surface area contributed by atoms with E-state index in [1.165, 1.54) is 0 Å². The van der Waals surface area contributed by atoms with E-state index in [9.17, 15) is 4.79 Å². The van der Waals surface area contributed by atoms with E-state index >= 15 is 0 Å². The van der Waals surface area contributed by atoms with Crippen LogP contribution < -0.4 is 10.1 Å². The van der Waals surface area contributed by atoms with Gasteiger partial charge in [0, 0.05) is 6.42 Å². The Bertz CT molecular complexity index is 618. The van der Waals surface area contributed by atoms with Gasteiger partial charge in [-0.25, -0.2) is 4.79 Å². The summed E-state index contributed by atoms with van der Waals surface area (Å²) in [5.74, 6) is 0.803. The second-order valence-corrected chi connectivity index (χ2v) is 4.97. The Labute approximate surface area is 135 Å². The minimum Gasteiger partial charge on any atom is -0.489 e. The zero-order valence-electron chi connectivity index (χ0n) is 12.0. The van der Waals surface area contributed by atoms with E-state index in [0.29, 0.717) is 13.2 Å². The number of cyclic esters (lactones) is 1. The predicted octanol–water partition coefficient (Wildman–Crippen LogP) is 3.86. The summed E-state index contributed by atoms with van der Waals surface area (Å²) in [4.78, 5) is 11.3. The molecule has 0 radical (unpaired) electrons. The molecule has 0 unspecified atom stereocenters. The van der Waals surface area contributed by atoms with E-state index in [0.717, 1.165) is 23.3 Å². The molecule has 1 N–H and O–H groups in total. The number of amides is 1. The minimum absolute atomic E-state index is 0. The van der Waals surface area contributed by atoms with Crippen molar-refractivity contribution in [3.05, 3.63) is 65.7 Å². The van der Waals surface area contributed by atoms with Gasteiger partial charge in [-0.2, -0.15) is 0 Å². The lowest BCUT2D eigenvalue weighted by Crippen LogP contribution is -2.35. The molecule has 1 fully saturated rings. The number of carbonyl (C=O) groups excluding carboxylic acids is 1. The van der Waals surface area contributed by atoms with Gasteiger partial charge in [-0.1, -0.05) is 42.5 Å². The molecular formula is C17H18ClNO3. The Morgan fingerprint density at radius 1 is 1.14 bits per heavy atom. The highest BCUT2D eigenvalue weighted by molar-refractivity contribution is 5.85. The van der Waals surface area contributed by atoms with Gasteiger partial charge in [0.2, 0.25) is 0 Å². The molecule has 1 heterocycles. The van der Waals surface area contributed by atoms with Crippen LogP contribution >= 0.6 is 12.4 Å². The number of rotatable bonds is 4. The lowest BCUT2D eigenvalue weighted by molar-refractivity contribution is 0.115. The van der Waals surface area contributed by atoms with Crippen LogP contribution in [0.1, 0.15) is 23.6 Å². The zero-order valence-corrected chi connectivity index (χ0v) is 12.8. The highest BCUT2D eigenvalue weighted by Gasteiger charge is 2.20. The van der Waals surface area contributed by atoms with Crippen molar-refractivity contribution in [2.75, 3.05) is 6.61 Å². The maximum absolute atomic E-state index is 11.3. The van der Waals surface area contributed by atoms with Crippen molar-refractivity contribution < 1.29 is 14.3 Å². The van der Waals surface area contributed by atoms with E-state index in [-0.39, 0.29) is 24.5 Å². The number of nitrogens with one attached hydrogen (secondary N) is 1. The first-order chi connectivity index (χ1) is 10.3. The molecule has 2 aromatic rings. The number of hydrogen-bond acceptors (Lipinski definition) is 3. The molecule has 1 amide bonds. The second-order valence-electron chi connectivity index (χ2n) is 4.97. The first-order valence-electron chi connectivity index (χ1n) is 7.01. The Hall–Kier alpha value is -2.20. The van der Waals surface area contributed by atoms with Gasteiger partial charge >= 0.3 is 6.09 Å². The molecule has 22 heavy (non-hydrogen) atoms. The Kier molecular flexibility index (Phi) is 5.67. The molecule has 2 aromatic carbocycles. The van der Waals surface area contributed by atoms with Crippen molar-refractivity contribution in [2.24, 2.45) is 0 Å². The maximum atomic E-state index is 11.3. The average molecular weight is 320 g/mol. The zero-order chi connectivity index (χ0) is 14.5. The Balaban J connectivity index is 0.00000176. The molecule has 0 aromatic heterocycles. The van der Waals surface area contributed by atoms with Gasteiger partial charge in [-0.05, 0) is 23.3 Å². The Morgan fingerprint density at radius 3 is 2.73 bits per heavy atom. The van der Waals surface area contributed by atoms with Crippen LogP contribution in [0, 0.1) is 0 Å². The monoisotopic (exact) mass is 319 g/mol. The second kappa shape index (κ2) is 7.71. The van der Waals surface area contributed by atoms with E-state index in [2.05, 4.69) is 5.32 Å². The van der Waals surface area contributed by atoms with Gasteiger partial charge in [0.1, 0.15) is 12.4 Å². The van der Waals surface area contributed by atoms with Gasteiger partial charge in [0.15, 0.2) is 0 Å². The van der Waals surface area contributed by atoms with Crippen LogP contribution in [0.4, 0.5) is 4.79 Å². The highest BCUT2D eigenvalue weighted by Crippen LogP contribution is 2.24. The smallest absolute Gasteiger partial charge is 0.407 e. The van der Waals surface area contributed by atoms with E-state index in [1.807, 2.05) is 54.6 Å². The minimum atomic E-state index is -0.359. The average Bonchev–Trinajstić information content (AvgIpc) is 2.54. The lowest BCUT2D eigenvalue weighted by Gasteiger charge is -2.24. The quantitative estimate of drug-likeness (QED) is 0.931. The highest BCUT2D eigenvalue weighted by atomic mass is 35.5. The molecule has 3 rings (SSSR count). The van der Waals surface area contributed by atoms with Gasteiger partial charge in [0.25, 0.3) is 0 Å². The van der Waals surface area contributed by atoms with Gasteiger partial charge < -0.3 is 14.8 Å². The summed E-state index contributed by atoms with van der Waals surface area (Å²) in [6.45, 7) is 0.982. The fourth-order valence-corrected chi connectivity index (χ4v) is 2.34. The number of ether oxygens (including phenoxy) is 2. The third kappa shape index (κ3) is 4.15. The molecule has 1 aliphatic heterocycles. The number of halogens is 1. The molecule has 1 saturated heterocycles. The molecule has 0 bridgehead atoms. The van der Waals surface area contributed by atoms with Crippen LogP contribution in [0.2, 0.25) is 0 Å². The summed E-state index contributed by atoms with van der Waals surface area (Å²) < 4.78 is 10.7. The summed E-state index contributed by atoms with van der Waals surface area (Å²) in [6.07, 6.45) is 0.412. The molecule has 0 spiro atoms. The van der Waals surface area contributed by atoms with Crippen molar-refractivity contribution >= 4 is 18.5 Å². The molecule has 0 saturated carbocycles. The van der Waals surface area contributed by atoms with Gasteiger partial charge in [0.05, 0.1) is 12.6 Å². The molecule has 116 valence electrons.